The van der Waals surface area contributed by atoms with Crippen molar-refractivity contribution in [3.63, 3.8) is 0 Å². The van der Waals surface area contributed by atoms with Gasteiger partial charge in [-0.05, 0) is 43.4 Å². The summed E-state index contributed by atoms with van der Waals surface area (Å²) in [5.74, 6) is 0. The Balaban J connectivity index is 2.63. The molecule has 0 heteroatoms. The quantitative estimate of drug-likeness (QED) is 0.507. The van der Waals surface area contributed by atoms with Crippen LogP contribution in [0.3, 0.4) is 0 Å². The van der Waals surface area contributed by atoms with E-state index in [4.69, 9.17) is 0 Å². The van der Waals surface area contributed by atoms with Crippen LogP contribution in [0.25, 0.3) is 0 Å². The van der Waals surface area contributed by atoms with Crippen molar-refractivity contribution in [2.24, 2.45) is 0 Å². The molecule has 10 heavy (non-hydrogen) atoms. The molecule has 0 unspecified atom stereocenters. The van der Waals surface area contributed by atoms with E-state index >= 15 is 0 Å². The maximum absolute atomic E-state index is 2.30. The average Bonchev–Trinajstić information content (AvgIpc) is 1.77. The Kier molecular flexibility index (Phi) is 1.10. The van der Waals surface area contributed by atoms with Gasteiger partial charge in [0.05, 0.1) is 0 Å². The van der Waals surface area contributed by atoms with Gasteiger partial charge in [-0.3, -0.25) is 0 Å². The van der Waals surface area contributed by atoms with E-state index in [1.165, 1.54) is 28.7 Å². The molecule has 1 aliphatic rings. The highest BCUT2D eigenvalue weighted by Gasteiger charge is 2.14. The molecule has 51 valence electrons. The van der Waals surface area contributed by atoms with E-state index in [0.29, 0.717) is 0 Å². The molecule has 0 nitrogen and oxygen atoms in total. The first-order chi connectivity index (χ1) is 4.77. The van der Waals surface area contributed by atoms with E-state index < -0.39 is 0 Å². The minimum absolute atomic E-state index is 1.18. The molecule has 1 aromatic rings. The van der Waals surface area contributed by atoms with E-state index in [9.17, 15) is 0 Å². The number of hydrogen-bond donors (Lipinski definition) is 0. The zero-order valence-electron chi connectivity index (χ0n) is 6.44. The van der Waals surface area contributed by atoms with Gasteiger partial charge in [-0.1, -0.05) is 17.7 Å². The van der Waals surface area contributed by atoms with Crippen molar-refractivity contribution in [3.8, 4) is 0 Å². The fourth-order valence-electron chi connectivity index (χ4n) is 1.61. The molecule has 0 heterocycles. The van der Waals surface area contributed by atoms with E-state index in [0.717, 1.165) is 0 Å². The van der Waals surface area contributed by atoms with E-state index in [-0.39, 0.29) is 0 Å². The van der Waals surface area contributed by atoms with Crippen LogP contribution in [-0.2, 0) is 6.42 Å². The van der Waals surface area contributed by atoms with Gasteiger partial charge in [0.2, 0.25) is 0 Å². The standard InChI is InChI=1S/C10H11/c1-7-5-8(2)10-4-3-9(10)6-7/h4-6H,3H2,1-2H3. The Labute approximate surface area is 61.9 Å². The molecule has 0 aliphatic heterocycles. The minimum Gasteiger partial charge on any atom is -0.0561 e. The summed E-state index contributed by atoms with van der Waals surface area (Å²) in [4.78, 5) is 0. The molecule has 0 amide bonds. The molecule has 0 fully saturated rings. The summed E-state index contributed by atoms with van der Waals surface area (Å²) in [6, 6.07) is 4.52. The SMILES string of the molecule is Cc1cc(C)c2c(c1)C[CH]2. The van der Waals surface area contributed by atoms with Crippen molar-refractivity contribution in [2.75, 3.05) is 0 Å². The molecule has 0 atom stereocenters. The highest BCUT2D eigenvalue weighted by atomic mass is 14.2. The lowest BCUT2D eigenvalue weighted by Crippen LogP contribution is -2.08. The molecule has 0 N–H and O–H groups in total. The lowest BCUT2D eigenvalue weighted by Gasteiger charge is -2.21. The molecule has 1 aliphatic carbocycles. The smallest absolute Gasteiger partial charge is 0.00438 e. The molecule has 1 radical (unpaired) electrons. The average molecular weight is 131 g/mol. The van der Waals surface area contributed by atoms with Crippen LogP contribution in [0.5, 0.6) is 0 Å². The predicted molar refractivity (Wildman–Crippen MR) is 43.0 cm³/mol. The molecule has 0 saturated carbocycles. The van der Waals surface area contributed by atoms with Crippen molar-refractivity contribution in [1.82, 2.24) is 0 Å². The summed E-state index contributed by atoms with van der Waals surface area (Å²) in [5.41, 5.74) is 5.83. The molecular formula is C10H11. The third-order valence-corrected chi connectivity index (χ3v) is 2.14. The summed E-state index contributed by atoms with van der Waals surface area (Å²) < 4.78 is 0. The number of fused-ring (bicyclic) bond motifs is 1. The summed E-state index contributed by atoms with van der Waals surface area (Å²) in [6.45, 7) is 4.34. The third kappa shape index (κ3) is 0.683. The van der Waals surface area contributed by atoms with Crippen LogP contribution in [0.2, 0.25) is 0 Å². The van der Waals surface area contributed by atoms with Gasteiger partial charge in [0.15, 0.2) is 0 Å². The van der Waals surface area contributed by atoms with E-state index in [2.05, 4.69) is 32.4 Å². The number of rotatable bonds is 0. The van der Waals surface area contributed by atoms with Gasteiger partial charge in [0, 0.05) is 0 Å². The van der Waals surface area contributed by atoms with Crippen molar-refractivity contribution in [3.05, 3.63) is 40.8 Å². The van der Waals surface area contributed by atoms with Crippen LogP contribution in [0.4, 0.5) is 0 Å². The van der Waals surface area contributed by atoms with Crippen molar-refractivity contribution in [1.29, 1.82) is 0 Å². The fraction of sp³-hybridized carbons (Fsp3) is 0.300. The van der Waals surface area contributed by atoms with E-state index in [1.807, 2.05) is 0 Å². The van der Waals surface area contributed by atoms with Crippen LogP contribution in [0.15, 0.2) is 12.1 Å². The summed E-state index contributed by atoms with van der Waals surface area (Å²) in [6.07, 6.45) is 3.47. The van der Waals surface area contributed by atoms with E-state index in [1.54, 1.807) is 0 Å². The zero-order valence-corrected chi connectivity index (χ0v) is 6.44. The first-order valence-corrected chi connectivity index (χ1v) is 3.71. The molecule has 2 rings (SSSR count). The normalized spacial score (nSPS) is 14.2. The first-order valence-electron chi connectivity index (χ1n) is 3.71. The Morgan fingerprint density at radius 3 is 2.50 bits per heavy atom. The van der Waals surface area contributed by atoms with Gasteiger partial charge < -0.3 is 0 Å². The first kappa shape index (κ1) is 5.96. The predicted octanol–water partition coefficient (Wildman–Crippen LogP) is 2.41. The molecule has 0 aromatic heterocycles. The maximum atomic E-state index is 2.30. The maximum Gasteiger partial charge on any atom is -0.00438 e. The molecule has 0 spiro atoms. The summed E-state index contributed by atoms with van der Waals surface area (Å²) >= 11 is 0. The highest BCUT2D eigenvalue weighted by Crippen LogP contribution is 2.28. The molecule has 0 bridgehead atoms. The van der Waals surface area contributed by atoms with Crippen LogP contribution >= 0.6 is 0 Å². The van der Waals surface area contributed by atoms with Gasteiger partial charge >= 0.3 is 0 Å². The zero-order chi connectivity index (χ0) is 7.14. The Morgan fingerprint density at radius 2 is 2.00 bits per heavy atom. The van der Waals surface area contributed by atoms with Crippen LogP contribution in [0.1, 0.15) is 22.3 Å². The lowest BCUT2D eigenvalue weighted by molar-refractivity contribution is 1.01. The minimum atomic E-state index is 1.18. The van der Waals surface area contributed by atoms with Crippen LogP contribution in [0, 0.1) is 20.3 Å². The van der Waals surface area contributed by atoms with Gasteiger partial charge in [0.1, 0.15) is 0 Å². The van der Waals surface area contributed by atoms with Gasteiger partial charge in [-0.25, -0.2) is 0 Å². The number of aryl methyl sites for hydroxylation is 2. The van der Waals surface area contributed by atoms with Gasteiger partial charge in [-0.2, -0.15) is 0 Å². The number of hydrogen-bond acceptors (Lipinski definition) is 0. The topological polar surface area (TPSA) is 0 Å². The largest absolute Gasteiger partial charge is 0.0561 e. The lowest BCUT2D eigenvalue weighted by atomic mass is 9.84. The Morgan fingerprint density at radius 1 is 1.20 bits per heavy atom. The second-order valence-corrected chi connectivity index (χ2v) is 3.06. The fourth-order valence-corrected chi connectivity index (χ4v) is 1.61. The van der Waals surface area contributed by atoms with Gasteiger partial charge in [-0.15, -0.1) is 0 Å². The molecule has 0 saturated heterocycles. The highest BCUT2D eigenvalue weighted by molar-refractivity contribution is 5.50. The van der Waals surface area contributed by atoms with Crippen molar-refractivity contribution < 1.29 is 0 Å². The molecule has 1 aromatic carbocycles. The Hall–Kier alpha value is -0.780. The summed E-state index contributed by atoms with van der Waals surface area (Å²) in [7, 11) is 0. The second kappa shape index (κ2) is 1.85. The summed E-state index contributed by atoms with van der Waals surface area (Å²) in [5, 5.41) is 0. The van der Waals surface area contributed by atoms with Crippen molar-refractivity contribution >= 4 is 0 Å². The number of benzene rings is 1. The van der Waals surface area contributed by atoms with Crippen LogP contribution < -0.4 is 0 Å². The monoisotopic (exact) mass is 131 g/mol. The van der Waals surface area contributed by atoms with Gasteiger partial charge in [0.25, 0.3) is 0 Å². The molecular weight excluding hydrogens is 120 g/mol. The second-order valence-electron chi connectivity index (χ2n) is 3.06. The van der Waals surface area contributed by atoms with Crippen molar-refractivity contribution in [2.45, 2.75) is 20.3 Å². The van der Waals surface area contributed by atoms with Crippen LogP contribution in [-0.4, -0.2) is 0 Å². The third-order valence-electron chi connectivity index (χ3n) is 2.14. The Bertz CT molecular complexity index is 254.